The van der Waals surface area contributed by atoms with Crippen LogP contribution in [0.5, 0.6) is 0 Å². The molecule has 2 nitrogen and oxygen atoms in total. The Morgan fingerprint density at radius 2 is 1.95 bits per heavy atom. The highest BCUT2D eigenvalue weighted by Gasteiger charge is 2.41. The summed E-state index contributed by atoms with van der Waals surface area (Å²) in [6.45, 7) is 3.04. The van der Waals surface area contributed by atoms with Crippen molar-refractivity contribution in [3.05, 3.63) is 35.9 Å². The minimum atomic E-state index is 0.167. The first-order valence-corrected chi connectivity index (χ1v) is 8.25. The minimum absolute atomic E-state index is 0.167. The normalized spacial score (nSPS) is 32.0. The van der Waals surface area contributed by atoms with Gasteiger partial charge >= 0.3 is 0 Å². The van der Waals surface area contributed by atoms with Crippen LogP contribution < -0.4 is 11.1 Å². The van der Waals surface area contributed by atoms with Crippen molar-refractivity contribution in [3.63, 3.8) is 0 Å². The molecule has 0 aromatic heterocycles. The van der Waals surface area contributed by atoms with Crippen LogP contribution in [0.25, 0.3) is 0 Å². The molecule has 3 unspecified atom stereocenters. The third kappa shape index (κ3) is 3.07. The summed E-state index contributed by atoms with van der Waals surface area (Å²) in [6, 6.07) is 11.1. The molecule has 0 heterocycles. The lowest BCUT2D eigenvalue weighted by atomic mass is 9.73. The zero-order chi connectivity index (χ0) is 14.0. The van der Waals surface area contributed by atoms with Gasteiger partial charge in [-0.2, -0.15) is 0 Å². The molecule has 0 saturated heterocycles. The van der Waals surface area contributed by atoms with E-state index in [0.717, 1.165) is 18.4 Å². The van der Waals surface area contributed by atoms with E-state index in [9.17, 15) is 0 Å². The summed E-state index contributed by atoms with van der Waals surface area (Å²) in [5.41, 5.74) is 7.72. The Hall–Kier alpha value is -0.860. The molecule has 20 heavy (non-hydrogen) atoms. The second-order valence-corrected chi connectivity index (χ2v) is 6.96. The van der Waals surface area contributed by atoms with E-state index in [2.05, 4.69) is 42.6 Å². The van der Waals surface area contributed by atoms with E-state index < -0.39 is 0 Å². The zero-order valence-electron chi connectivity index (χ0n) is 12.6. The summed E-state index contributed by atoms with van der Waals surface area (Å²) in [6.07, 6.45) is 8.20. The Balaban J connectivity index is 1.68. The van der Waals surface area contributed by atoms with Crippen molar-refractivity contribution in [1.29, 1.82) is 0 Å². The van der Waals surface area contributed by atoms with Crippen molar-refractivity contribution in [1.82, 2.24) is 5.32 Å². The highest BCUT2D eigenvalue weighted by atomic mass is 15.0. The molecular weight excluding hydrogens is 244 g/mol. The number of nitrogens with one attached hydrogen (secondary N) is 1. The van der Waals surface area contributed by atoms with Gasteiger partial charge in [0.2, 0.25) is 0 Å². The van der Waals surface area contributed by atoms with E-state index in [1.54, 1.807) is 0 Å². The summed E-state index contributed by atoms with van der Waals surface area (Å²) < 4.78 is 0. The van der Waals surface area contributed by atoms with Crippen LogP contribution in [0, 0.1) is 11.8 Å². The smallest absolute Gasteiger partial charge is 0.0312 e. The third-order valence-electron chi connectivity index (χ3n) is 5.38. The second-order valence-electron chi connectivity index (χ2n) is 6.96. The summed E-state index contributed by atoms with van der Waals surface area (Å²) in [7, 11) is 0. The summed E-state index contributed by atoms with van der Waals surface area (Å²) in [5, 5.41) is 3.89. The Kier molecular flexibility index (Phi) is 4.13. The quantitative estimate of drug-likeness (QED) is 0.859. The molecule has 3 N–H and O–H groups in total. The summed E-state index contributed by atoms with van der Waals surface area (Å²) in [4.78, 5) is 0. The predicted octanol–water partition coefficient (Wildman–Crippen LogP) is 3.63. The van der Waals surface area contributed by atoms with Crippen molar-refractivity contribution in [2.75, 3.05) is 6.54 Å². The largest absolute Gasteiger partial charge is 0.329 e. The fraction of sp³-hybridized carbons (Fsp3) is 0.667. The van der Waals surface area contributed by atoms with Gasteiger partial charge in [-0.3, -0.25) is 0 Å². The molecule has 0 radical (unpaired) electrons. The lowest BCUT2D eigenvalue weighted by Crippen LogP contribution is -2.55. The van der Waals surface area contributed by atoms with Gasteiger partial charge in [0.15, 0.2) is 0 Å². The van der Waals surface area contributed by atoms with Crippen LogP contribution in [-0.2, 0) is 0 Å². The molecule has 0 spiro atoms. The molecule has 3 atom stereocenters. The Morgan fingerprint density at radius 3 is 2.60 bits per heavy atom. The molecule has 2 aliphatic rings. The molecule has 2 fully saturated rings. The van der Waals surface area contributed by atoms with Gasteiger partial charge in [0, 0.05) is 18.1 Å². The lowest BCUT2D eigenvalue weighted by Gasteiger charge is -2.43. The van der Waals surface area contributed by atoms with E-state index in [1.807, 2.05) is 0 Å². The van der Waals surface area contributed by atoms with Crippen LogP contribution in [0.2, 0.25) is 0 Å². The van der Waals surface area contributed by atoms with Gasteiger partial charge in [0.05, 0.1) is 0 Å². The van der Waals surface area contributed by atoms with Crippen molar-refractivity contribution in [2.24, 2.45) is 17.6 Å². The second kappa shape index (κ2) is 5.87. The first kappa shape index (κ1) is 14.1. The fourth-order valence-electron chi connectivity index (χ4n) is 4.04. The molecule has 2 heteroatoms. The average molecular weight is 272 g/mol. The van der Waals surface area contributed by atoms with Crippen molar-refractivity contribution in [2.45, 2.75) is 57.0 Å². The van der Waals surface area contributed by atoms with E-state index in [-0.39, 0.29) is 5.54 Å². The van der Waals surface area contributed by atoms with Crippen LogP contribution in [0.3, 0.4) is 0 Å². The molecule has 2 aliphatic carbocycles. The van der Waals surface area contributed by atoms with Gasteiger partial charge in [0.25, 0.3) is 0 Å². The molecule has 1 aromatic rings. The summed E-state index contributed by atoms with van der Waals surface area (Å²) >= 11 is 0. The van der Waals surface area contributed by atoms with Gasteiger partial charge in [-0.15, -0.1) is 0 Å². The highest BCUT2D eigenvalue weighted by Crippen LogP contribution is 2.46. The lowest BCUT2D eigenvalue weighted by molar-refractivity contribution is 0.157. The molecule has 0 amide bonds. The summed E-state index contributed by atoms with van der Waals surface area (Å²) in [5.74, 6) is 1.93. The Bertz CT molecular complexity index is 426. The van der Waals surface area contributed by atoms with Crippen LogP contribution in [0.15, 0.2) is 30.3 Å². The standard InChI is InChI=1S/C18H28N2/c1-14(15-6-3-2-4-7-15)20-18(13-19)11-5-8-17(12-18)16-9-10-16/h2-4,6-7,14,16-17,20H,5,8-13,19H2,1H3. The van der Waals surface area contributed by atoms with Crippen LogP contribution in [-0.4, -0.2) is 12.1 Å². The highest BCUT2D eigenvalue weighted by molar-refractivity contribution is 5.19. The van der Waals surface area contributed by atoms with Crippen LogP contribution in [0.1, 0.15) is 57.1 Å². The monoisotopic (exact) mass is 272 g/mol. The van der Waals surface area contributed by atoms with Gasteiger partial charge in [-0.25, -0.2) is 0 Å². The first-order chi connectivity index (χ1) is 9.72. The average Bonchev–Trinajstić information content (AvgIpc) is 3.33. The number of rotatable bonds is 5. The number of hydrogen-bond donors (Lipinski definition) is 2. The van der Waals surface area contributed by atoms with Crippen molar-refractivity contribution < 1.29 is 0 Å². The van der Waals surface area contributed by atoms with Crippen molar-refractivity contribution >= 4 is 0 Å². The number of hydrogen-bond acceptors (Lipinski definition) is 2. The number of nitrogens with two attached hydrogens (primary N) is 1. The molecule has 0 aliphatic heterocycles. The topological polar surface area (TPSA) is 38.0 Å². The third-order valence-corrected chi connectivity index (χ3v) is 5.38. The molecule has 1 aromatic carbocycles. The Labute approximate surface area is 123 Å². The van der Waals surface area contributed by atoms with Gasteiger partial charge in [-0.05, 0) is 50.0 Å². The SMILES string of the molecule is CC(NC1(CN)CCCC(C2CC2)C1)c1ccccc1. The Morgan fingerprint density at radius 1 is 1.20 bits per heavy atom. The zero-order valence-corrected chi connectivity index (χ0v) is 12.6. The van der Waals surface area contributed by atoms with Gasteiger partial charge < -0.3 is 11.1 Å². The van der Waals surface area contributed by atoms with Gasteiger partial charge in [-0.1, -0.05) is 43.2 Å². The molecular formula is C18H28N2. The van der Waals surface area contributed by atoms with Crippen LogP contribution in [0.4, 0.5) is 0 Å². The molecule has 2 saturated carbocycles. The minimum Gasteiger partial charge on any atom is -0.329 e. The van der Waals surface area contributed by atoms with Gasteiger partial charge in [0.1, 0.15) is 0 Å². The fourth-order valence-corrected chi connectivity index (χ4v) is 4.04. The van der Waals surface area contributed by atoms with Crippen LogP contribution >= 0.6 is 0 Å². The van der Waals surface area contributed by atoms with E-state index in [4.69, 9.17) is 5.73 Å². The molecule has 0 bridgehead atoms. The predicted molar refractivity (Wildman–Crippen MR) is 84.5 cm³/mol. The molecule has 110 valence electrons. The van der Waals surface area contributed by atoms with E-state index in [0.29, 0.717) is 6.04 Å². The number of benzene rings is 1. The molecule has 3 rings (SSSR count). The van der Waals surface area contributed by atoms with E-state index in [1.165, 1.54) is 44.1 Å². The maximum Gasteiger partial charge on any atom is 0.0312 e. The first-order valence-electron chi connectivity index (χ1n) is 8.25. The van der Waals surface area contributed by atoms with Crippen molar-refractivity contribution in [3.8, 4) is 0 Å². The maximum absolute atomic E-state index is 6.18. The maximum atomic E-state index is 6.18. The van der Waals surface area contributed by atoms with E-state index >= 15 is 0 Å².